The molecule has 34 heavy (non-hydrogen) atoms. The minimum atomic E-state index is -0.692. The fraction of sp³-hybridized carbons (Fsp3) is 0.320. The van der Waals surface area contributed by atoms with E-state index in [-0.39, 0.29) is 28.6 Å². The van der Waals surface area contributed by atoms with Crippen LogP contribution in [0.2, 0.25) is 5.02 Å². The third-order valence-electron chi connectivity index (χ3n) is 5.80. The molecule has 1 aromatic heterocycles. The molecule has 0 saturated heterocycles. The van der Waals surface area contributed by atoms with Gasteiger partial charge in [-0.1, -0.05) is 35.9 Å². The number of aromatic nitrogens is 1. The number of hydrogen-bond donors (Lipinski definition) is 2. The molecule has 3 heterocycles. The summed E-state index contributed by atoms with van der Waals surface area (Å²) in [5.41, 5.74) is 1.70. The number of thioether (sulfide) groups is 1. The lowest BCUT2D eigenvalue weighted by molar-refractivity contribution is -0.125. The number of aliphatic hydroxyl groups is 1. The van der Waals surface area contributed by atoms with Crippen LogP contribution in [0.4, 0.5) is 0 Å². The Kier molecular flexibility index (Phi) is 7.73. The Morgan fingerprint density at radius 3 is 2.76 bits per heavy atom. The van der Waals surface area contributed by atoms with E-state index in [2.05, 4.69) is 10.3 Å². The number of halogens is 1. The molecule has 0 bridgehead atoms. The van der Waals surface area contributed by atoms with Crippen molar-refractivity contribution in [3.05, 3.63) is 87.7 Å². The van der Waals surface area contributed by atoms with E-state index in [1.165, 1.54) is 0 Å². The second-order valence-electron chi connectivity index (χ2n) is 8.52. The molecule has 9 heteroatoms. The van der Waals surface area contributed by atoms with Crippen molar-refractivity contribution in [3.63, 3.8) is 0 Å². The highest BCUT2D eigenvalue weighted by molar-refractivity contribution is 8.04. The number of fused-ring (bicyclic) bond motifs is 1. The largest absolute Gasteiger partial charge is 0.385 e. The first-order chi connectivity index (χ1) is 16.3. The van der Waals surface area contributed by atoms with Crippen molar-refractivity contribution in [3.8, 4) is 0 Å². The van der Waals surface area contributed by atoms with E-state index in [0.717, 1.165) is 10.5 Å². The van der Waals surface area contributed by atoms with Gasteiger partial charge in [-0.15, -0.1) is 11.8 Å². The van der Waals surface area contributed by atoms with E-state index in [1.54, 1.807) is 42.4 Å². The van der Waals surface area contributed by atoms with Crippen LogP contribution in [0.15, 0.2) is 71.4 Å². The minimum absolute atomic E-state index is 0.0792. The molecule has 0 aliphatic carbocycles. The smallest absolute Gasteiger partial charge is 0.256 e. The van der Waals surface area contributed by atoms with Crippen LogP contribution in [-0.2, 0) is 16.1 Å². The number of amides is 1. The van der Waals surface area contributed by atoms with E-state index >= 15 is 0 Å². The monoisotopic (exact) mass is 498 g/mol. The predicted molar refractivity (Wildman–Crippen MR) is 134 cm³/mol. The van der Waals surface area contributed by atoms with Gasteiger partial charge in [0.2, 0.25) is 0 Å². The number of nitrogens with one attached hydrogen (secondary N) is 1. The first-order valence-corrected chi connectivity index (χ1v) is 12.2. The van der Waals surface area contributed by atoms with Gasteiger partial charge >= 0.3 is 0 Å². The third kappa shape index (κ3) is 5.70. The molecule has 0 radical (unpaired) electrons. The minimum Gasteiger partial charge on any atom is -0.385 e. The van der Waals surface area contributed by atoms with Crippen LogP contribution < -0.4 is 5.32 Å². The number of pyridine rings is 1. The second-order valence-corrected chi connectivity index (χ2v) is 10.2. The van der Waals surface area contributed by atoms with Gasteiger partial charge in [0.15, 0.2) is 5.78 Å². The predicted octanol–water partition coefficient (Wildman–Crippen LogP) is 2.99. The third-order valence-corrected chi connectivity index (χ3v) is 7.48. The van der Waals surface area contributed by atoms with Gasteiger partial charge in [-0.2, -0.15) is 0 Å². The molecule has 2 aromatic rings. The van der Waals surface area contributed by atoms with Crippen molar-refractivity contribution in [1.29, 1.82) is 0 Å². The first-order valence-electron chi connectivity index (χ1n) is 11.0. The van der Waals surface area contributed by atoms with E-state index in [1.807, 2.05) is 54.2 Å². The van der Waals surface area contributed by atoms with Crippen molar-refractivity contribution in [2.24, 2.45) is 5.92 Å². The highest BCUT2D eigenvalue weighted by Crippen LogP contribution is 2.42. The fourth-order valence-corrected chi connectivity index (χ4v) is 5.58. The molecule has 0 spiro atoms. The number of Topliss-reactive ketones (excluding diaryl/α,β-unsaturated/α-hetero) is 1. The highest BCUT2D eigenvalue weighted by atomic mass is 35.5. The quantitative estimate of drug-likeness (QED) is 0.541. The molecule has 178 valence electrons. The zero-order valence-corrected chi connectivity index (χ0v) is 20.6. The van der Waals surface area contributed by atoms with Crippen molar-refractivity contribution >= 4 is 35.1 Å². The zero-order valence-electron chi connectivity index (χ0n) is 19.0. The van der Waals surface area contributed by atoms with Gasteiger partial charge in [0, 0.05) is 44.1 Å². The van der Waals surface area contributed by atoms with Crippen LogP contribution >= 0.6 is 23.4 Å². The average molecular weight is 499 g/mol. The van der Waals surface area contributed by atoms with Gasteiger partial charge in [-0.25, -0.2) is 0 Å². The molecule has 4 rings (SSSR count). The fourth-order valence-electron chi connectivity index (χ4n) is 4.04. The van der Waals surface area contributed by atoms with Gasteiger partial charge in [-0.05, 0) is 41.8 Å². The summed E-state index contributed by atoms with van der Waals surface area (Å²) in [7, 11) is 3.81. The Morgan fingerprint density at radius 1 is 1.29 bits per heavy atom. The summed E-state index contributed by atoms with van der Waals surface area (Å²) in [5, 5.41) is 13.8. The summed E-state index contributed by atoms with van der Waals surface area (Å²) in [5.74, 6) is -0.941. The van der Waals surface area contributed by atoms with Crippen LogP contribution in [0.3, 0.4) is 0 Å². The topological polar surface area (TPSA) is 85.8 Å². The summed E-state index contributed by atoms with van der Waals surface area (Å²) < 4.78 is 0. The maximum atomic E-state index is 13.2. The normalized spacial score (nSPS) is 20.6. The Balaban J connectivity index is 1.36. The Morgan fingerprint density at radius 2 is 2.06 bits per heavy atom. The van der Waals surface area contributed by atoms with Crippen LogP contribution in [0, 0.1) is 5.92 Å². The molecule has 2 unspecified atom stereocenters. The van der Waals surface area contributed by atoms with E-state index < -0.39 is 6.10 Å². The molecule has 3 atom stereocenters. The van der Waals surface area contributed by atoms with E-state index in [4.69, 9.17) is 11.6 Å². The molecular weight excluding hydrogens is 472 g/mol. The van der Waals surface area contributed by atoms with Crippen LogP contribution in [0.5, 0.6) is 0 Å². The second kappa shape index (κ2) is 10.7. The molecule has 1 aromatic carbocycles. The summed E-state index contributed by atoms with van der Waals surface area (Å²) in [6, 6.07) is 12.7. The summed E-state index contributed by atoms with van der Waals surface area (Å²) >= 11 is 7.53. The van der Waals surface area contributed by atoms with Crippen molar-refractivity contribution in [1.82, 2.24) is 20.1 Å². The maximum absolute atomic E-state index is 13.2. The van der Waals surface area contributed by atoms with Gasteiger partial charge < -0.3 is 15.3 Å². The van der Waals surface area contributed by atoms with Crippen LogP contribution in [-0.4, -0.2) is 64.1 Å². The summed E-state index contributed by atoms with van der Waals surface area (Å²) in [4.78, 5) is 35.1. The molecule has 2 aliphatic rings. The molecule has 7 nitrogen and oxygen atoms in total. The average Bonchev–Trinajstić information content (AvgIpc) is 3.26. The number of benzene rings is 1. The molecule has 1 amide bonds. The SMILES string of the molecule is CN(CC1=CC2C(=O)C(C(=O)NCc3ccc(Cl)cc3)=CN(C)C2S1)C[C@@H](O)c1ccccn1. The van der Waals surface area contributed by atoms with Crippen molar-refractivity contribution < 1.29 is 14.7 Å². The number of hydrogen-bond acceptors (Lipinski definition) is 7. The number of carbonyl (C=O) groups is 2. The van der Waals surface area contributed by atoms with Crippen molar-refractivity contribution in [2.45, 2.75) is 18.0 Å². The molecule has 2 N–H and O–H groups in total. The Hall–Kier alpha value is -2.65. The lowest BCUT2D eigenvalue weighted by Crippen LogP contribution is -2.42. The number of carbonyl (C=O) groups excluding carboxylic acids is 2. The number of likely N-dealkylation sites (N-methyl/N-ethyl adjacent to an activating group) is 1. The molecule has 0 fully saturated rings. The van der Waals surface area contributed by atoms with Gasteiger partial charge in [-0.3, -0.25) is 19.5 Å². The van der Waals surface area contributed by atoms with Crippen molar-refractivity contribution in [2.75, 3.05) is 27.2 Å². The Labute approximate surface area is 208 Å². The standard InChI is InChI=1S/C25H27ClN4O3S/c1-29(15-22(31)21-5-3-4-10-27-21)13-18-11-19-23(32)20(14-30(2)25(19)34-18)24(33)28-12-16-6-8-17(26)9-7-16/h3-11,14,19,22,25,31H,12-13,15H2,1-2H3,(H,28,33)/t19?,22-,25?/m1/s1. The van der Waals surface area contributed by atoms with Gasteiger partial charge in [0.1, 0.15) is 6.10 Å². The molecule has 2 aliphatic heterocycles. The highest BCUT2D eigenvalue weighted by Gasteiger charge is 2.42. The molecular formula is C25H27ClN4O3S. The van der Waals surface area contributed by atoms with E-state index in [9.17, 15) is 14.7 Å². The lowest BCUT2D eigenvalue weighted by Gasteiger charge is -2.32. The van der Waals surface area contributed by atoms with Gasteiger partial charge in [0.25, 0.3) is 5.91 Å². The number of ketones is 1. The van der Waals surface area contributed by atoms with Crippen LogP contribution in [0.1, 0.15) is 17.4 Å². The lowest BCUT2D eigenvalue weighted by atomic mass is 9.93. The molecule has 0 saturated carbocycles. The first kappa shape index (κ1) is 24.5. The summed E-state index contributed by atoms with van der Waals surface area (Å²) in [6.45, 7) is 1.34. The number of aliphatic hydroxyl groups excluding tert-OH is 1. The number of rotatable bonds is 8. The summed E-state index contributed by atoms with van der Waals surface area (Å²) in [6.07, 6.45) is 4.56. The zero-order chi connectivity index (χ0) is 24.2. The maximum Gasteiger partial charge on any atom is 0.256 e. The number of nitrogens with zero attached hydrogens (tertiary/aromatic N) is 3. The van der Waals surface area contributed by atoms with Gasteiger partial charge in [0.05, 0.1) is 22.6 Å². The van der Waals surface area contributed by atoms with E-state index in [0.29, 0.717) is 30.4 Å². The Bertz CT molecular complexity index is 1110. The van der Waals surface area contributed by atoms with Crippen LogP contribution in [0.25, 0.3) is 0 Å².